The van der Waals surface area contributed by atoms with E-state index in [-0.39, 0.29) is 11.8 Å². The molecule has 2 heterocycles. The highest BCUT2D eigenvalue weighted by atomic mass is 16.1. The van der Waals surface area contributed by atoms with Gasteiger partial charge in [-0.15, -0.1) is 0 Å². The number of amides is 1. The Balaban J connectivity index is 1.18. The number of hydrogen-bond acceptors (Lipinski definition) is 5. The molecule has 3 aliphatic rings. The van der Waals surface area contributed by atoms with Crippen LogP contribution in [0.3, 0.4) is 0 Å². The zero-order chi connectivity index (χ0) is 23.1. The lowest BCUT2D eigenvalue weighted by atomic mass is 9.90. The largest absolute Gasteiger partial charge is 0.367 e. The van der Waals surface area contributed by atoms with Gasteiger partial charge in [-0.3, -0.25) is 4.79 Å². The average Bonchev–Trinajstić information content (AvgIpc) is 3.37. The number of hydrogen-bond donors (Lipinski definition) is 2. The number of carbonyl (C=O) groups excluding carboxylic acids is 1. The van der Waals surface area contributed by atoms with Crippen LogP contribution in [0.4, 0.5) is 5.82 Å². The zero-order valence-corrected chi connectivity index (χ0v) is 20.0. The van der Waals surface area contributed by atoms with Crippen molar-refractivity contribution < 1.29 is 4.79 Å². The van der Waals surface area contributed by atoms with Gasteiger partial charge in [0.05, 0.1) is 17.3 Å². The molecule has 3 fully saturated rings. The van der Waals surface area contributed by atoms with Crippen LogP contribution in [0.25, 0.3) is 16.7 Å². The van der Waals surface area contributed by atoms with Crippen LogP contribution in [0.5, 0.6) is 0 Å². The fraction of sp³-hybridized carbons (Fsp3) is 0.556. The summed E-state index contributed by atoms with van der Waals surface area (Å²) in [5.74, 6) is 2.83. The molecule has 0 bridgehead atoms. The number of nitrogens with zero attached hydrogens (tertiary/aromatic N) is 4. The molecule has 0 atom stereocenters. The van der Waals surface area contributed by atoms with Gasteiger partial charge < -0.3 is 10.6 Å². The molecule has 0 aliphatic heterocycles. The molecule has 0 spiro atoms. The van der Waals surface area contributed by atoms with Gasteiger partial charge in [0.25, 0.3) is 0 Å². The molecular formula is C27H34N6O. The Morgan fingerprint density at radius 2 is 1.62 bits per heavy atom. The molecule has 0 radical (unpaired) electrons. The van der Waals surface area contributed by atoms with Crippen LogP contribution in [0.1, 0.15) is 81.5 Å². The lowest BCUT2D eigenvalue weighted by molar-refractivity contribution is -0.125. The van der Waals surface area contributed by atoms with E-state index in [9.17, 15) is 4.79 Å². The van der Waals surface area contributed by atoms with E-state index in [1.807, 2.05) is 10.9 Å². The van der Waals surface area contributed by atoms with E-state index in [0.717, 1.165) is 79.7 Å². The molecule has 7 heteroatoms. The Hall–Kier alpha value is -2.96. The molecular weight excluding hydrogens is 424 g/mol. The van der Waals surface area contributed by atoms with Gasteiger partial charge in [-0.05, 0) is 70.4 Å². The molecule has 0 unspecified atom stereocenters. The van der Waals surface area contributed by atoms with E-state index in [1.165, 1.54) is 18.4 Å². The Labute approximate surface area is 200 Å². The number of fused-ring (bicyclic) bond motifs is 1. The fourth-order valence-corrected chi connectivity index (χ4v) is 5.52. The molecule has 3 saturated carbocycles. The van der Waals surface area contributed by atoms with Gasteiger partial charge >= 0.3 is 0 Å². The van der Waals surface area contributed by atoms with Crippen molar-refractivity contribution in [3.05, 3.63) is 41.9 Å². The minimum Gasteiger partial charge on any atom is -0.367 e. The molecule has 3 aromatic rings. The first-order valence-electron chi connectivity index (χ1n) is 13.0. The van der Waals surface area contributed by atoms with Crippen molar-refractivity contribution in [2.24, 2.45) is 5.92 Å². The number of rotatable bonds is 6. The Bertz CT molecular complexity index is 1170. The van der Waals surface area contributed by atoms with Gasteiger partial charge in [0.15, 0.2) is 5.65 Å². The van der Waals surface area contributed by atoms with Crippen molar-refractivity contribution >= 4 is 22.8 Å². The van der Waals surface area contributed by atoms with E-state index in [0.29, 0.717) is 18.0 Å². The van der Waals surface area contributed by atoms with Crippen LogP contribution in [-0.4, -0.2) is 37.7 Å². The molecule has 7 nitrogen and oxygen atoms in total. The van der Waals surface area contributed by atoms with Crippen LogP contribution in [0.15, 0.2) is 30.5 Å². The van der Waals surface area contributed by atoms with E-state index < -0.39 is 0 Å². The van der Waals surface area contributed by atoms with Crippen molar-refractivity contribution in [3.8, 4) is 5.69 Å². The highest BCUT2D eigenvalue weighted by Gasteiger charge is 2.30. The van der Waals surface area contributed by atoms with E-state index >= 15 is 0 Å². The lowest BCUT2D eigenvalue weighted by Gasteiger charge is -2.30. The van der Waals surface area contributed by atoms with Gasteiger partial charge in [-0.2, -0.15) is 5.10 Å². The summed E-state index contributed by atoms with van der Waals surface area (Å²) < 4.78 is 1.93. The monoisotopic (exact) mass is 458 g/mol. The molecule has 34 heavy (non-hydrogen) atoms. The van der Waals surface area contributed by atoms with E-state index in [4.69, 9.17) is 9.97 Å². The van der Waals surface area contributed by atoms with Gasteiger partial charge in [0, 0.05) is 23.9 Å². The zero-order valence-electron chi connectivity index (χ0n) is 20.0. The van der Waals surface area contributed by atoms with Crippen LogP contribution in [0.2, 0.25) is 0 Å². The summed E-state index contributed by atoms with van der Waals surface area (Å²) in [4.78, 5) is 22.4. The highest BCUT2D eigenvalue weighted by molar-refractivity contribution is 5.87. The molecule has 1 aromatic carbocycles. The second kappa shape index (κ2) is 9.01. The molecule has 178 valence electrons. The number of anilines is 1. The van der Waals surface area contributed by atoms with Crippen molar-refractivity contribution in [1.82, 2.24) is 25.1 Å². The normalized spacial score (nSPS) is 23.3. The summed E-state index contributed by atoms with van der Waals surface area (Å²) in [6.07, 6.45) is 12.8. The quantitative estimate of drug-likeness (QED) is 0.541. The molecule has 3 aliphatic carbocycles. The maximum atomic E-state index is 12.5. The van der Waals surface area contributed by atoms with E-state index in [2.05, 4.69) is 46.9 Å². The van der Waals surface area contributed by atoms with Crippen LogP contribution in [0, 0.1) is 12.8 Å². The first-order chi connectivity index (χ1) is 16.6. The Kier molecular flexibility index (Phi) is 5.71. The standard InChI is InChI=1S/C27H34N6O/c1-17-6-14-22(15-7-17)33-26-23(16-28-33)25(31-24(32-26)18-8-9-18)29-20-10-12-21(13-11-20)30-27(34)19-4-2-3-5-19/h6-7,14-16,18-21H,2-5,8-13H2,1H3,(H,30,34)(H,29,31,32). The molecule has 1 amide bonds. The Morgan fingerprint density at radius 1 is 0.912 bits per heavy atom. The number of aromatic nitrogens is 4. The van der Waals surface area contributed by atoms with Crippen molar-refractivity contribution in [2.75, 3.05) is 5.32 Å². The third-order valence-corrected chi connectivity index (χ3v) is 7.81. The van der Waals surface area contributed by atoms with Crippen LogP contribution < -0.4 is 10.6 Å². The second-order valence-electron chi connectivity index (χ2n) is 10.5. The van der Waals surface area contributed by atoms with Crippen LogP contribution in [-0.2, 0) is 4.79 Å². The minimum absolute atomic E-state index is 0.246. The van der Waals surface area contributed by atoms with Gasteiger partial charge in [-0.25, -0.2) is 14.6 Å². The molecule has 2 N–H and O–H groups in total. The average molecular weight is 459 g/mol. The van der Waals surface area contributed by atoms with Gasteiger partial charge in [0.1, 0.15) is 11.6 Å². The molecule has 2 aromatic heterocycles. The summed E-state index contributed by atoms with van der Waals surface area (Å²) in [5, 5.41) is 12.7. The number of nitrogens with one attached hydrogen (secondary N) is 2. The first-order valence-corrected chi connectivity index (χ1v) is 13.0. The number of benzene rings is 1. The maximum absolute atomic E-state index is 12.5. The predicted molar refractivity (Wildman–Crippen MR) is 133 cm³/mol. The summed E-state index contributed by atoms with van der Waals surface area (Å²) in [7, 11) is 0. The van der Waals surface area contributed by atoms with Crippen molar-refractivity contribution in [2.45, 2.75) is 89.1 Å². The SMILES string of the molecule is Cc1ccc(-n2ncc3c(NC4CCC(NC(=O)C5CCCC5)CC4)nc(C4CC4)nc32)cc1. The summed E-state index contributed by atoms with van der Waals surface area (Å²) >= 11 is 0. The predicted octanol–water partition coefficient (Wildman–Crippen LogP) is 5.03. The Morgan fingerprint density at radius 3 is 2.32 bits per heavy atom. The summed E-state index contributed by atoms with van der Waals surface area (Å²) in [6, 6.07) is 9.06. The smallest absolute Gasteiger partial charge is 0.223 e. The second-order valence-corrected chi connectivity index (χ2v) is 10.5. The summed E-state index contributed by atoms with van der Waals surface area (Å²) in [6.45, 7) is 2.09. The highest BCUT2D eigenvalue weighted by Crippen LogP contribution is 2.40. The molecule has 6 rings (SSSR count). The van der Waals surface area contributed by atoms with Crippen LogP contribution >= 0.6 is 0 Å². The first kappa shape index (κ1) is 21.6. The van der Waals surface area contributed by atoms with Gasteiger partial charge in [0.2, 0.25) is 5.91 Å². The maximum Gasteiger partial charge on any atom is 0.223 e. The molecule has 0 saturated heterocycles. The lowest BCUT2D eigenvalue weighted by Crippen LogP contribution is -2.42. The van der Waals surface area contributed by atoms with Gasteiger partial charge in [-0.1, -0.05) is 30.5 Å². The van der Waals surface area contributed by atoms with Crippen molar-refractivity contribution in [3.63, 3.8) is 0 Å². The summed E-state index contributed by atoms with van der Waals surface area (Å²) in [5.41, 5.74) is 3.12. The topological polar surface area (TPSA) is 84.7 Å². The van der Waals surface area contributed by atoms with E-state index in [1.54, 1.807) is 0 Å². The minimum atomic E-state index is 0.246. The third-order valence-electron chi connectivity index (χ3n) is 7.81. The third kappa shape index (κ3) is 4.40. The number of aryl methyl sites for hydroxylation is 1. The number of carbonyl (C=O) groups is 1. The van der Waals surface area contributed by atoms with Crippen molar-refractivity contribution in [1.29, 1.82) is 0 Å². The fourth-order valence-electron chi connectivity index (χ4n) is 5.52.